The van der Waals surface area contributed by atoms with Crippen molar-refractivity contribution in [3.63, 3.8) is 0 Å². The number of aryl methyl sites for hydroxylation is 1. The van der Waals surface area contributed by atoms with Crippen LogP contribution in [0.25, 0.3) is 0 Å². The number of anilines is 2. The van der Waals surface area contributed by atoms with E-state index in [0.717, 1.165) is 24.9 Å². The number of likely N-dealkylation sites (tertiary alicyclic amines) is 1. The molecule has 1 spiro atoms. The van der Waals surface area contributed by atoms with Gasteiger partial charge in [0.05, 0.1) is 0 Å². The molecule has 0 unspecified atom stereocenters. The molecule has 4 rings (SSSR count). The van der Waals surface area contributed by atoms with Gasteiger partial charge in [0.2, 0.25) is 5.91 Å². The average molecular weight is 381 g/mol. The van der Waals surface area contributed by atoms with Crippen LogP contribution in [0.1, 0.15) is 25.3 Å². The van der Waals surface area contributed by atoms with Crippen LogP contribution >= 0.6 is 0 Å². The molecule has 28 heavy (non-hydrogen) atoms. The number of carbonyl (C=O) groups excluding carboxylic acids is 2. The largest absolute Gasteiger partial charge is 0.326 e. The van der Waals surface area contributed by atoms with Crippen molar-refractivity contribution in [3.05, 3.63) is 59.9 Å². The molecule has 2 N–H and O–H groups in total. The predicted molar refractivity (Wildman–Crippen MR) is 107 cm³/mol. The van der Waals surface area contributed by atoms with E-state index in [4.69, 9.17) is 0 Å². The summed E-state index contributed by atoms with van der Waals surface area (Å²) >= 11 is 0. The van der Waals surface area contributed by atoms with Crippen molar-refractivity contribution in [2.45, 2.75) is 26.2 Å². The van der Waals surface area contributed by atoms with E-state index < -0.39 is 0 Å². The zero-order valence-electron chi connectivity index (χ0n) is 15.9. The van der Waals surface area contributed by atoms with Gasteiger partial charge in [0.15, 0.2) is 0 Å². The van der Waals surface area contributed by atoms with Crippen LogP contribution in [0, 0.1) is 17.2 Å². The van der Waals surface area contributed by atoms with Gasteiger partial charge < -0.3 is 15.5 Å². The molecule has 0 radical (unpaired) electrons. The van der Waals surface area contributed by atoms with Crippen LogP contribution in [0.2, 0.25) is 0 Å². The first-order valence-corrected chi connectivity index (χ1v) is 9.70. The minimum atomic E-state index is -0.376. The first-order chi connectivity index (χ1) is 13.5. The van der Waals surface area contributed by atoms with Gasteiger partial charge in [-0.05, 0) is 55.2 Å². The normalized spacial score (nSPS) is 22.9. The average Bonchev–Trinajstić information content (AvgIpc) is 3.21. The molecular formula is C22H24FN3O2. The number of hydrogen-bond acceptors (Lipinski definition) is 2. The fraction of sp³-hybridized carbons (Fsp3) is 0.364. The first-order valence-electron chi connectivity index (χ1n) is 9.70. The maximum atomic E-state index is 13.3. The Morgan fingerprint density at radius 2 is 1.89 bits per heavy atom. The second kappa shape index (κ2) is 7.26. The van der Waals surface area contributed by atoms with Gasteiger partial charge in [-0.25, -0.2) is 9.18 Å². The Morgan fingerprint density at radius 3 is 2.64 bits per heavy atom. The molecule has 146 valence electrons. The number of urea groups is 1. The summed E-state index contributed by atoms with van der Waals surface area (Å²) in [4.78, 5) is 26.9. The number of nitrogens with zero attached hydrogens (tertiary/aromatic N) is 1. The second-order valence-electron chi connectivity index (χ2n) is 7.77. The number of amides is 3. The number of hydrogen-bond donors (Lipinski definition) is 2. The standard InChI is InChI=1S/C22H24FN3O2/c1-2-15-5-3-7-17(11-15)25-21(28)26-10-9-22(14-26)13-19(22)20(27)24-18-8-4-6-16(23)12-18/h3-8,11-12,19H,2,9-10,13-14H2,1H3,(H,24,27)(H,25,28)/t19-,22-/m1/s1. The van der Waals surface area contributed by atoms with Gasteiger partial charge in [-0.15, -0.1) is 0 Å². The smallest absolute Gasteiger partial charge is 0.321 e. The molecule has 1 saturated carbocycles. The first kappa shape index (κ1) is 18.5. The highest BCUT2D eigenvalue weighted by molar-refractivity contribution is 5.95. The minimum Gasteiger partial charge on any atom is -0.326 e. The van der Waals surface area contributed by atoms with Crippen molar-refractivity contribution in [2.24, 2.45) is 11.3 Å². The lowest BCUT2D eigenvalue weighted by Crippen LogP contribution is -2.33. The van der Waals surface area contributed by atoms with Crippen molar-refractivity contribution in [3.8, 4) is 0 Å². The Kier molecular flexibility index (Phi) is 4.79. The summed E-state index contributed by atoms with van der Waals surface area (Å²) in [5.41, 5.74) is 2.30. The Balaban J connectivity index is 1.34. The highest BCUT2D eigenvalue weighted by Gasteiger charge is 2.61. The maximum Gasteiger partial charge on any atom is 0.321 e. The highest BCUT2D eigenvalue weighted by atomic mass is 19.1. The van der Waals surface area contributed by atoms with E-state index in [1.54, 1.807) is 17.0 Å². The molecule has 2 atom stereocenters. The molecule has 1 aliphatic carbocycles. The van der Waals surface area contributed by atoms with Crippen molar-refractivity contribution in [1.82, 2.24) is 4.90 Å². The minimum absolute atomic E-state index is 0.0940. The Hall–Kier alpha value is -2.89. The van der Waals surface area contributed by atoms with Gasteiger partial charge in [-0.2, -0.15) is 0 Å². The quantitative estimate of drug-likeness (QED) is 0.831. The molecule has 1 saturated heterocycles. The van der Waals surface area contributed by atoms with E-state index >= 15 is 0 Å². The van der Waals surface area contributed by atoms with E-state index in [9.17, 15) is 14.0 Å². The molecule has 2 aromatic carbocycles. The Morgan fingerprint density at radius 1 is 1.14 bits per heavy atom. The third-order valence-corrected chi connectivity index (χ3v) is 5.86. The van der Waals surface area contributed by atoms with Gasteiger partial charge in [-0.3, -0.25) is 4.79 Å². The van der Waals surface area contributed by atoms with Crippen molar-refractivity contribution in [1.29, 1.82) is 0 Å². The monoisotopic (exact) mass is 381 g/mol. The molecule has 2 fully saturated rings. The molecule has 3 amide bonds. The third kappa shape index (κ3) is 3.72. The summed E-state index contributed by atoms with van der Waals surface area (Å²) in [6.07, 6.45) is 2.50. The van der Waals surface area contributed by atoms with Gasteiger partial charge in [0.25, 0.3) is 0 Å². The zero-order chi connectivity index (χ0) is 19.7. The van der Waals surface area contributed by atoms with Crippen LogP contribution < -0.4 is 10.6 Å². The van der Waals surface area contributed by atoms with Gasteiger partial charge in [0, 0.05) is 35.8 Å². The third-order valence-electron chi connectivity index (χ3n) is 5.86. The van der Waals surface area contributed by atoms with E-state index in [-0.39, 0.29) is 29.1 Å². The number of carbonyl (C=O) groups is 2. The molecule has 2 aromatic rings. The number of rotatable bonds is 4. The predicted octanol–water partition coefficient (Wildman–Crippen LogP) is 4.27. The molecular weight excluding hydrogens is 357 g/mol. The molecule has 2 aliphatic rings. The highest BCUT2D eigenvalue weighted by Crippen LogP contribution is 2.58. The van der Waals surface area contributed by atoms with Crippen LogP contribution in [0.3, 0.4) is 0 Å². The fourth-order valence-corrected chi connectivity index (χ4v) is 4.11. The summed E-state index contributed by atoms with van der Waals surface area (Å²) in [7, 11) is 0. The Labute approximate surface area is 163 Å². The van der Waals surface area contributed by atoms with E-state index in [0.29, 0.717) is 18.8 Å². The van der Waals surface area contributed by atoms with Crippen LogP contribution in [0.5, 0.6) is 0 Å². The number of nitrogens with one attached hydrogen (secondary N) is 2. The lowest BCUT2D eigenvalue weighted by molar-refractivity contribution is -0.118. The van der Waals surface area contributed by atoms with Crippen LogP contribution in [0.4, 0.5) is 20.6 Å². The fourth-order valence-electron chi connectivity index (χ4n) is 4.11. The maximum absolute atomic E-state index is 13.3. The topological polar surface area (TPSA) is 61.4 Å². The summed E-state index contributed by atoms with van der Waals surface area (Å²) in [5, 5.41) is 5.75. The number of benzene rings is 2. The summed E-state index contributed by atoms with van der Waals surface area (Å²) < 4.78 is 13.3. The van der Waals surface area contributed by atoms with Crippen molar-refractivity contribution < 1.29 is 14.0 Å². The van der Waals surface area contributed by atoms with Crippen molar-refractivity contribution >= 4 is 23.3 Å². The van der Waals surface area contributed by atoms with Crippen molar-refractivity contribution in [2.75, 3.05) is 23.7 Å². The molecule has 1 heterocycles. The van der Waals surface area contributed by atoms with Crippen LogP contribution in [-0.4, -0.2) is 29.9 Å². The molecule has 5 nitrogen and oxygen atoms in total. The second-order valence-corrected chi connectivity index (χ2v) is 7.77. The van der Waals surface area contributed by atoms with Crippen LogP contribution in [-0.2, 0) is 11.2 Å². The van der Waals surface area contributed by atoms with E-state index in [2.05, 4.69) is 17.6 Å². The molecule has 6 heteroatoms. The molecule has 0 aromatic heterocycles. The van der Waals surface area contributed by atoms with E-state index in [1.165, 1.54) is 17.7 Å². The van der Waals surface area contributed by atoms with E-state index in [1.807, 2.05) is 24.3 Å². The summed E-state index contributed by atoms with van der Waals surface area (Å²) in [5.74, 6) is -0.598. The van der Waals surface area contributed by atoms with Gasteiger partial charge in [0.1, 0.15) is 5.82 Å². The summed E-state index contributed by atoms with van der Waals surface area (Å²) in [6.45, 7) is 3.30. The van der Waals surface area contributed by atoms with Gasteiger partial charge in [-0.1, -0.05) is 25.1 Å². The summed E-state index contributed by atoms with van der Waals surface area (Å²) in [6, 6.07) is 13.6. The van der Waals surface area contributed by atoms with Crippen LogP contribution in [0.15, 0.2) is 48.5 Å². The lowest BCUT2D eigenvalue weighted by atomic mass is 10.0. The molecule has 0 bridgehead atoms. The zero-order valence-corrected chi connectivity index (χ0v) is 15.9. The SMILES string of the molecule is CCc1cccc(NC(=O)N2CC[C@@]3(C[C@@H]3C(=O)Nc3cccc(F)c3)C2)c1. The van der Waals surface area contributed by atoms with Gasteiger partial charge >= 0.3 is 6.03 Å². The number of halogens is 1. The Bertz CT molecular complexity index is 916. The molecule has 1 aliphatic heterocycles. The lowest BCUT2D eigenvalue weighted by Gasteiger charge is -2.18.